The van der Waals surface area contributed by atoms with Gasteiger partial charge < -0.3 is 14.4 Å². The fourth-order valence-electron chi connectivity index (χ4n) is 4.32. The summed E-state index contributed by atoms with van der Waals surface area (Å²) in [5.74, 6) is -0.824. The first-order valence-corrected chi connectivity index (χ1v) is 18.0. The highest BCUT2D eigenvalue weighted by molar-refractivity contribution is 7.47. The highest BCUT2D eigenvalue weighted by atomic mass is 31.2. The minimum Gasteiger partial charge on any atom is -0.462 e. The van der Waals surface area contributed by atoms with Crippen LogP contribution in [0.3, 0.4) is 0 Å². The summed E-state index contributed by atoms with van der Waals surface area (Å²) in [6, 6.07) is 0. The normalized spacial score (nSPS) is 13.9. The minimum atomic E-state index is -4.25. The first-order chi connectivity index (χ1) is 20.3. The number of hydrogen-bond donors (Lipinski definition) is 1. The zero-order chi connectivity index (χ0) is 31.2. The summed E-state index contributed by atoms with van der Waals surface area (Å²) in [6.07, 6.45) is 29.5. The lowest BCUT2D eigenvalue weighted by Crippen LogP contribution is -2.29. The smallest absolute Gasteiger partial charge is 0.462 e. The van der Waals surface area contributed by atoms with E-state index >= 15 is 0 Å². The monoisotopic (exact) mass is 616 g/mol. The maximum Gasteiger partial charge on any atom is 0.472 e. The van der Waals surface area contributed by atoms with Crippen LogP contribution in [0.2, 0.25) is 0 Å². The van der Waals surface area contributed by atoms with Crippen molar-refractivity contribution in [2.75, 3.05) is 20.3 Å². The Hall–Kier alpha value is -1.47. The van der Waals surface area contributed by atoms with E-state index in [1.165, 1.54) is 51.4 Å². The molecule has 1 N–H and O–H groups in total. The second-order valence-electron chi connectivity index (χ2n) is 10.9. The number of hydrogen-bond acceptors (Lipinski definition) is 7. The Bertz CT molecular complexity index is 752. The molecule has 0 aliphatic rings. The van der Waals surface area contributed by atoms with Gasteiger partial charge >= 0.3 is 19.8 Å². The van der Waals surface area contributed by atoms with E-state index in [-0.39, 0.29) is 19.0 Å². The van der Waals surface area contributed by atoms with Crippen LogP contribution in [0.4, 0.5) is 0 Å². The summed E-state index contributed by atoms with van der Waals surface area (Å²) < 4.78 is 31.7. The molecular formula is C33H61O8P. The number of phosphoric acid groups is 1. The average Bonchev–Trinajstić information content (AvgIpc) is 2.97. The molecule has 0 saturated heterocycles. The third-order valence-electron chi connectivity index (χ3n) is 6.95. The van der Waals surface area contributed by atoms with E-state index in [9.17, 15) is 19.0 Å². The number of carbonyl (C=O) groups excluding carboxylic acids is 2. The molecule has 2 unspecified atom stereocenters. The molecule has 0 amide bonds. The highest BCUT2D eigenvalue weighted by Gasteiger charge is 2.24. The van der Waals surface area contributed by atoms with Crippen molar-refractivity contribution in [3.05, 3.63) is 24.3 Å². The zero-order valence-electron chi connectivity index (χ0n) is 26.9. The minimum absolute atomic E-state index is 0.228. The molecule has 0 aromatic rings. The maximum atomic E-state index is 12.4. The number of unbranched alkanes of at least 4 members (excludes halogenated alkanes) is 15. The highest BCUT2D eigenvalue weighted by Crippen LogP contribution is 2.42. The summed E-state index contributed by atoms with van der Waals surface area (Å²) in [5, 5.41) is 0. The van der Waals surface area contributed by atoms with Gasteiger partial charge in [0.25, 0.3) is 0 Å². The Morgan fingerprint density at radius 1 is 0.667 bits per heavy atom. The van der Waals surface area contributed by atoms with Crippen molar-refractivity contribution in [1.82, 2.24) is 0 Å². The number of rotatable bonds is 30. The van der Waals surface area contributed by atoms with Crippen molar-refractivity contribution in [3.63, 3.8) is 0 Å². The Morgan fingerprint density at radius 3 is 1.74 bits per heavy atom. The lowest BCUT2D eigenvalue weighted by Gasteiger charge is -2.19. The van der Waals surface area contributed by atoms with Crippen LogP contribution in [0.25, 0.3) is 0 Å². The third kappa shape index (κ3) is 28.6. The summed E-state index contributed by atoms with van der Waals surface area (Å²) >= 11 is 0. The van der Waals surface area contributed by atoms with Crippen LogP contribution in [0, 0.1) is 0 Å². The Labute approximate surface area is 256 Å². The lowest BCUT2D eigenvalue weighted by atomic mass is 10.1. The first-order valence-electron chi connectivity index (χ1n) is 16.5. The van der Waals surface area contributed by atoms with Gasteiger partial charge in [-0.15, -0.1) is 0 Å². The topological polar surface area (TPSA) is 108 Å². The van der Waals surface area contributed by atoms with E-state index in [4.69, 9.17) is 14.0 Å². The number of allylic oxidation sites excluding steroid dienone is 4. The molecule has 0 aromatic heterocycles. The summed E-state index contributed by atoms with van der Waals surface area (Å²) in [7, 11) is -3.20. The third-order valence-corrected chi connectivity index (χ3v) is 7.89. The van der Waals surface area contributed by atoms with Gasteiger partial charge in [-0.1, -0.05) is 122 Å². The number of ether oxygens (including phenoxy) is 2. The molecule has 0 spiro atoms. The predicted molar refractivity (Wildman–Crippen MR) is 170 cm³/mol. The van der Waals surface area contributed by atoms with Gasteiger partial charge in [0.1, 0.15) is 6.61 Å². The largest absolute Gasteiger partial charge is 0.472 e. The number of esters is 2. The van der Waals surface area contributed by atoms with Gasteiger partial charge in [-0.05, 0) is 38.5 Å². The molecular weight excluding hydrogens is 555 g/mol. The molecule has 0 saturated carbocycles. The summed E-state index contributed by atoms with van der Waals surface area (Å²) in [5.41, 5.74) is 0. The summed E-state index contributed by atoms with van der Waals surface area (Å²) in [4.78, 5) is 34.1. The standard InChI is InChI=1S/C33H61O8P/c1-4-6-8-10-12-14-15-16-17-18-20-22-24-26-28-33(35)41-31(30-40-42(36,37)38-3)29-39-32(34)27-25-23-21-19-13-11-9-7-5-2/h10,12,15-16,31H,4-9,11,13-14,17-30H2,1-3H3,(H,36,37)/b12-10-,16-15-. The van der Waals surface area contributed by atoms with Crippen molar-refractivity contribution < 1.29 is 37.6 Å². The van der Waals surface area contributed by atoms with Crippen LogP contribution in [-0.2, 0) is 32.7 Å². The zero-order valence-corrected chi connectivity index (χ0v) is 27.8. The molecule has 0 bridgehead atoms. The van der Waals surface area contributed by atoms with Crippen LogP contribution >= 0.6 is 7.82 Å². The van der Waals surface area contributed by atoms with Crippen molar-refractivity contribution >= 4 is 19.8 Å². The van der Waals surface area contributed by atoms with Gasteiger partial charge in [-0.2, -0.15) is 0 Å². The van der Waals surface area contributed by atoms with Crippen LogP contribution < -0.4 is 0 Å². The fourth-order valence-corrected chi connectivity index (χ4v) is 4.78. The molecule has 0 aliphatic heterocycles. The molecule has 0 aromatic carbocycles. The molecule has 0 heterocycles. The van der Waals surface area contributed by atoms with Gasteiger partial charge in [-0.3, -0.25) is 18.6 Å². The molecule has 0 fully saturated rings. The van der Waals surface area contributed by atoms with E-state index in [0.29, 0.717) is 12.8 Å². The van der Waals surface area contributed by atoms with Crippen molar-refractivity contribution in [1.29, 1.82) is 0 Å². The van der Waals surface area contributed by atoms with E-state index in [2.05, 4.69) is 42.7 Å². The molecule has 8 nitrogen and oxygen atoms in total. The average molecular weight is 617 g/mol. The molecule has 0 aliphatic carbocycles. The Balaban J connectivity index is 4.15. The van der Waals surface area contributed by atoms with Gasteiger partial charge in [0, 0.05) is 20.0 Å². The van der Waals surface area contributed by atoms with Gasteiger partial charge in [0.05, 0.1) is 6.61 Å². The Morgan fingerprint density at radius 2 is 1.17 bits per heavy atom. The van der Waals surface area contributed by atoms with Crippen molar-refractivity contribution in [2.45, 2.75) is 155 Å². The van der Waals surface area contributed by atoms with Gasteiger partial charge in [0.15, 0.2) is 6.10 Å². The second-order valence-corrected chi connectivity index (χ2v) is 12.5. The molecule has 0 rings (SSSR count). The maximum absolute atomic E-state index is 12.4. The van der Waals surface area contributed by atoms with E-state index in [1.807, 2.05) is 0 Å². The SMILES string of the molecule is CCCC/C=C\C/C=C\CCCCCCCC(=O)OC(COC(=O)CCCCCCCCCCC)COP(=O)(O)OC. The molecule has 42 heavy (non-hydrogen) atoms. The molecule has 246 valence electrons. The molecule has 9 heteroatoms. The van der Waals surface area contributed by atoms with Crippen LogP contribution in [0.5, 0.6) is 0 Å². The van der Waals surface area contributed by atoms with Crippen LogP contribution in [-0.4, -0.2) is 43.3 Å². The molecule has 2 atom stereocenters. The van der Waals surface area contributed by atoms with Gasteiger partial charge in [-0.25, -0.2) is 4.57 Å². The van der Waals surface area contributed by atoms with Crippen molar-refractivity contribution in [3.8, 4) is 0 Å². The number of carbonyl (C=O) groups is 2. The lowest BCUT2D eigenvalue weighted by molar-refractivity contribution is -0.161. The van der Waals surface area contributed by atoms with Crippen LogP contribution in [0.15, 0.2) is 24.3 Å². The second kappa shape index (κ2) is 29.6. The fraction of sp³-hybridized carbons (Fsp3) is 0.818. The quantitative estimate of drug-likeness (QED) is 0.0368. The Kier molecular flexibility index (Phi) is 28.6. The molecule has 0 radical (unpaired) electrons. The van der Waals surface area contributed by atoms with E-state index in [0.717, 1.165) is 71.3 Å². The van der Waals surface area contributed by atoms with E-state index in [1.54, 1.807) is 0 Å². The van der Waals surface area contributed by atoms with E-state index < -0.39 is 26.5 Å². The predicted octanol–water partition coefficient (Wildman–Crippen LogP) is 9.55. The van der Waals surface area contributed by atoms with Crippen LogP contribution in [0.1, 0.15) is 149 Å². The van der Waals surface area contributed by atoms with Crippen molar-refractivity contribution in [2.24, 2.45) is 0 Å². The number of phosphoric ester groups is 1. The first kappa shape index (κ1) is 40.5. The van der Waals surface area contributed by atoms with Gasteiger partial charge in [0.2, 0.25) is 0 Å². The summed E-state index contributed by atoms with van der Waals surface area (Å²) in [6.45, 7) is 3.78.